The number of imidazole rings is 1. The van der Waals surface area contributed by atoms with Crippen LogP contribution in [0.25, 0.3) is 4.96 Å². The maximum absolute atomic E-state index is 5.98. The van der Waals surface area contributed by atoms with Crippen LogP contribution in [0, 0.1) is 0 Å². The molecule has 2 heterocycles. The van der Waals surface area contributed by atoms with E-state index in [1.54, 1.807) is 11.3 Å². The Bertz CT molecular complexity index is 673. The molecule has 3 aromatic rings. The van der Waals surface area contributed by atoms with Gasteiger partial charge in [-0.2, -0.15) is 0 Å². The zero-order chi connectivity index (χ0) is 14.7. The maximum Gasteiger partial charge on any atom is 0.193 e. The molecule has 3 rings (SSSR count). The third-order valence-corrected chi connectivity index (χ3v) is 4.49. The molecule has 0 aliphatic rings. The summed E-state index contributed by atoms with van der Waals surface area (Å²) < 4.78 is 2.08. The zero-order valence-corrected chi connectivity index (χ0v) is 13.5. The van der Waals surface area contributed by atoms with E-state index in [4.69, 9.17) is 11.6 Å². The monoisotopic (exact) mass is 319 g/mol. The van der Waals surface area contributed by atoms with Gasteiger partial charge < -0.3 is 5.32 Å². The summed E-state index contributed by atoms with van der Waals surface area (Å²) in [7, 11) is 0. The van der Waals surface area contributed by atoms with E-state index >= 15 is 0 Å². The average molecular weight is 320 g/mol. The Morgan fingerprint density at radius 1 is 1.33 bits per heavy atom. The van der Waals surface area contributed by atoms with Crippen LogP contribution in [-0.4, -0.2) is 15.9 Å². The lowest BCUT2D eigenvalue weighted by Crippen LogP contribution is -2.24. The second-order valence-electron chi connectivity index (χ2n) is 5.09. The molecule has 1 unspecified atom stereocenters. The Morgan fingerprint density at radius 2 is 2.14 bits per heavy atom. The molecular formula is C16H18ClN3S. The fourth-order valence-corrected chi connectivity index (χ4v) is 3.25. The van der Waals surface area contributed by atoms with Gasteiger partial charge in [-0.25, -0.2) is 4.98 Å². The molecule has 1 aromatic carbocycles. The van der Waals surface area contributed by atoms with E-state index in [9.17, 15) is 0 Å². The topological polar surface area (TPSA) is 29.3 Å². The molecule has 0 aliphatic heterocycles. The van der Waals surface area contributed by atoms with Gasteiger partial charge in [0.1, 0.15) is 0 Å². The largest absolute Gasteiger partial charge is 0.310 e. The smallest absolute Gasteiger partial charge is 0.193 e. The Kier molecular flexibility index (Phi) is 4.58. The molecule has 0 saturated carbocycles. The first-order valence-electron chi connectivity index (χ1n) is 7.16. The van der Waals surface area contributed by atoms with Crippen molar-refractivity contribution < 1.29 is 0 Å². The highest BCUT2D eigenvalue weighted by molar-refractivity contribution is 7.15. The Hall–Kier alpha value is -1.36. The van der Waals surface area contributed by atoms with Gasteiger partial charge in [-0.1, -0.05) is 30.7 Å². The fourth-order valence-electron chi connectivity index (χ4n) is 2.41. The summed E-state index contributed by atoms with van der Waals surface area (Å²) in [6, 6.07) is 8.35. The van der Waals surface area contributed by atoms with Crippen LogP contribution in [0.4, 0.5) is 0 Å². The number of aromatic nitrogens is 2. The molecule has 0 saturated heterocycles. The van der Waals surface area contributed by atoms with Crippen molar-refractivity contribution in [2.24, 2.45) is 0 Å². The normalized spacial score (nSPS) is 12.9. The number of fused-ring (bicyclic) bond motifs is 1. The lowest BCUT2D eigenvalue weighted by atomic mass is 10.0. The summed E-state index contributed by atoms with van der Waals surface area (Å²) in [5.74, 6) is 0. The zero-order valence-electron chi connectivity index (χ0n) is 11.9. The number of thiazole rings is 1. The van der Waals surface area contributed by atoms with E-state index in [2.05, 4.69) is 45.3 Å². The van der Waals surface area contributed by atoms with Crippen molar-refractivity contribution >= 4 is 27.9 Å². The number of hydrogen-bond acceptors (Lipinski definition) is 3. The van der Waals surface area contributed by atoms with Crippen LogP contribution in [0.5, 0.6) is 0 Å². The highest BCUT2D eigenvalue weighted by Gasteiger charge is 2.14. The van der Waals surface area contributed by atoms with Crippen LogP contribution in [0.3, 0.4) is 0 Å². The molecule has 3 nitrogen and oxygen atoms in total. The molecule has 1 atom stereocenters. The van der Waals surface area contributed by atoms with Crippen molar-refractivity contribution in [2.75, 3.05) is 6.54 Å². The third kappa shape index (κ3) is 3.46. The van der Waals surface area contributed by atoms with Crippen molar-refractivity contribution in [1.82, 2.24) is 14.7 Å². The second-order valence-corrected chi connectivity index (χ2v) is 6.40. The van der Waals surface area contributed by atoms with Crippen LogP contribution in [-0.2, 0) is 6.42 Å². The van der Waals surface area contributed by atoms with Crippen molar-refractivity contribution in [3.63, 3.8) is 0 Å². The molecule has 110 valence electrons. The molecule has 0 spiro atoms. The van der Waals surface area contributed by atoms with Crippen molar-refractivity contribution in [1.29, 1.82) is 0 Å². The summed E-state index contributed by atoms with van der Waals surface area (Å²) in [5.41, 5.74) is 2.37. The lowest BCUT2D eigenvalue weighted by molar-refractivity contribution is 0.525. The number of benzene rings is 1. The third-order valence-electron chi connectivity index (χ3n) is 3.47. The second kappa shape index (κ2) is 6.60. The molecular weight excluding hydrogens is 302 g/mol. The molecule has 5 heteroatoms. The van der Waals surface area contributed by atoms with Gasteiger partial charge in [0, 0.05) is 35.3 Å². The number of rotatable bonds is 6. The molecule has 0 bridgehead atoms. The lowest BCUT2D eigenvalue weighted by Gasteiger charge is -2.18. The maximum atomic E-state index is 5.98. The molecule has 2 aromatic heterocycles. The van der Waals surface area contributed by atoms with Gasteiger partial charge >= 0.3 is 0 Å². The van der Waals surface area contributed by atoms with Gasteiger partial charge in [-0.15, -0.1) is 11.3 Å². The van der Waals surface area contributed by atoms with E-state index < -0.39 is 0 Å². The molecule has 0 fully saturated rings. The average Bonchev–Trinajstić information content (AvgIpc) is 3.05. The van der Waals surface area contributed by atoms with Gasteiger partial charge in [-0.3, -0.25) is 4.40 Å². The highest BCUT2D eigenvalue weighted by Crippen LogP contribution is 2.21. The summed E-state index contributed by atoms with van der Waals surface area (Å²) in [4.78, 5) is 5.73. The van der Waals surface area contributed by atoms with Crippen molar-refractivity contribution in [3.8, 4) is 0 Å². The number of hydrogen-bond donors (Lipinski definition) is 1. The van der Waals surface area contributed by atoms with Gasteiger partial charge in [0.25, 0.3) is 0 Å². The predicted octanol–water partition coefficient (Wildman–Crippen LogP) is 4.33. The molecule has 0 radical (unpaired) electrons. The summed E-state index contributed by atoms with van der Waals surface area (Å²) >= 11 is 7.65. The SMILES string of the molecule is CCCNC(Cc1cn2ccsc2n1)c1ccc(Cl)cc1. The van der Waals surface area contributed by atoms with E-state index in [1.165, 1.54) is 5.56 Å². The summed E-state index contributed by atoms with van der Waals surface area (Å²) in [6.45, 7) is 3.17. The van der Waals surface area contributed by atoms with Gasteiger partial charge in [0.15, 0.2) is 4.96 Å². The van der Waals surface area contributed by atoms with Crippen LogP contribution < -0.4 is 5.32 Å². The van der Waals surface area contributed by atoms with Gasteiger partial charge in [0.05, 0.1) is 5.69 Å². The Morgan fingerprint density at radius 3 is 2.86 bits per heavy atom. The van der Waals surface area contributed by atoms with Crippen LogP contribution in [0.1, 0.15) is 30.6 Å². The van der Waals surface area contributed by atoms with E-state index in [0.717, 1.165) is 35.1 Å². The Labute approximate surface area is 133 Å². The quantitative estimate of drug-likeness (QED) is 0.732. The fraction of sp³-hybridized carbons (Fsp3) is 0.312. The van der Waals surface area contributed by atoms with Crippen LogP contribution in [0.2, 0.25) is 5.02 Å². The first kappa shape index (κ1) is 14.6. The molecule has 0 amide bonds. The number of nitrogens with one attached hydrogen (secondary N) is 1. The van der Waals surface area contributed by atoms with Crippen LogP contribution >= 0.6 is 22.9 Å². The van der Waals surface area contributed by atoms with Crippen molar-refractivity contribution in [3.05, 3.63) is 58.3 Å². The number of halogens is 1. The van der Waals surface area contributed by atoms with E-state index in [0.29, 0.717) is 0 Å². The summed E-state index contributed by atoms with van der Waals surface area (Å²) in [6.07, 6.45) is 6.16. The van der Waals surface area contributed by atoms with Crippen LogP contribution in [0.15, 0.2) is 42.0 Å². The standard InChI is InChI=1S/C16H18ClN3S/c1-2-7-18-15(12-3-5-13(17)6-4-12)10-14-11-20-8-9-21-16(20)19-14/h3-6,8-9,11,15,18H,2,7,10H2,1H3. The Balaban J connectivity index is 1.81. The number of nitrogens with zero attached hydrogens (tertiary/aromatic N) is 2. The van der Waals surface area contributed by atoms with Gasteiger partial charge in [0.2, 0.25) is 0 Å². The molecule has 21 heavy (non-hydrogen) atoms. The minimum Gasteiger partial charge on any atom is -0.310 e. The minimum atomic E-state index is 0.270. The summed E-state index contributed by atoms with van der Waals surface area (Å²) in [5, 5.41) is 6.43. The first-order chi connectivity index (χ1) is 10.3. The minimum absolute atomic E-state index is 0.270. The van der Waals surface area contributed by atoms with E-state index in [-0.39, 0.29) is 6.04 Å². The predicted molar refractivity (Wildman–Crippen MR) is 89.3 cm³/mol. The first-order valence-corrected chi connectivity index (χ1v) is 8.42. The van der Waals surface area contributed by atoms with Gasteiger partial charge in [-0.05, 0) is 30.7 Å². The highest BCUT2D eigenvalue weighted by atomic mass is 35.5. The molecule has 0 aliphatic carbocycles. The van der Waals surface area contributed by atoms with Crippen molar-refractivity contribution in [2.45, 2.75) is 25.8 Å². The molecule has 1 N–H and O–H groups in total. The van der Waals surface area contributed by atoms with E-state index in [1.807, 2.05) is 18.3 Å².